The van der Waals surface area contributed by atoms with Crippen molar-refractivity contribution >= 4 is 11.4 Å². The minimum absolute atomic E-state index is 0.0481. The number of hydrogen-bond donors (Lipinski definition) is 1. The Kier molecular flexibility index (Phi) is 8.20. The first-order chi connectivity index (χ1) is 20.0. The normalized spacial score (nSPS) is 11.5. The van der Waals surface area contributed by atoms with Crippen molar-refractivity contribution in [3.8, 4) is 22.7 Å². The molecule has 0 fully saturated rings. The van der Waals surface area contributed by atoms with Crippen LogP contribution in [0.1, 0.15) is 36.0 Å². The Hall–Kier alpha value is -5.24. The van der Waals surface area contributed by atoms with Crippen LogP contribution in [0.4, 0.5) is 5.69 Å². The van der Waals surface area contributed by atoms with Crippen LogP contribution in [-0.2, 0) is 0 Å². The molecule has 0 saturated heterocycles. The number of aromatic nitrogens is 2. The fraction of sp³-hybridized carbons (Fsp3) is 0.152. The molecule has 0 atom stereocenters. The highest BCUT2D eigenvalue weighted by Crippen LogP contribution is 2.29. The number of ether oxygens (including phenoxy) is 1. The summed E-state index contributed by atoms with van der Waals surface area (Å²) in [5.41, 5.74) is 5.05. The average molecular weight is 547 g/mol. The minimum Gasteiger partial charge on any atom is -0.497 e. The molecule has 1 heterocycles. The Labute approximate surface area is 237 Å². The second-order valence-corrected chi connectivity index (χ2v) is 9.63. The topological polar surface area (TPSA) is 103 Å². The standard InChI is InChI=1S/C33H30N4O4/c1-23(34-22-21-30(24-9-5-3-6-10-24)25-11-7-4-8-12-25)31-32(26-13-19-29(41-2)20-14-26)35-36(33(31)38)27-15-17-28(18-16-27)37(39)40/h3-20,30,35H,21-22H2,1-2H3. The zero-order chi connectivity index (χ0) is 28.8. The highest BCUT2D eigenvalue weighted by atomic mass is 16.6. The fourth-order valence-electron chi connectivity index (χ4n) is 4.98. The number of H-pyrrole nitrogens is 1. The number of hydrogen-bond acceptors (Lipinski definition) is 5. The van der Waals surface area contributed by atoms with Gasteiger partial charge in [0, 0.05) is 35.9 Å². The molecule has 0 amide bonds. The van der Waals surface area contributed by atoms with E-state index in [1.165, 1.54) is 27.9 Å². The lowest BCUT2D eigenvalue weighted by Gasteiger charge is -2.17. The number of nitrogens with zero attached hydrogens (tertiary/aromatic N) is 3. The third-order valence-corrected chi connectivity index (χ3v) is 7.12. The Bertz CT molecular complexity index is 1670. The summed E-state index contributed by atoms with van der Waals surface area (Å²) in [5, 5.41) is 14.3. The van der Waals surface area contributed by atoms with Crippen LogP contribution in [0, 0.1) is 10.1 Å². The number of nitro groups is 1. The van der Waals surface area contributed by atoms with E-state index >= 15 is 0 Å². The number of aromatic amines is 1. The zero-order valence-electron chi connectivity index (χ0n) is 22.9. The van der Waals surface area contributed by atoms with E-state index in [0.29, 0.717) is 35.0 Å². The smallest absolute Gasteiger partial charge is 0.280 e. The lowest BCUT2D eigenvalue weighted by molar-refractivity contribution is -0.384. The van der Waals surface area contributed by atoms with Gasteiger partial charge in [0.2, 0.25) is 0 Å². The lowest BCUT2D eigenvalue weighted by Crippen LogP contribution is -2.20. The number of aliphatic imine (C=N–C) groups is 1. The molecule has 0 aliphatic carbocycles. The van der Waals surface area contributed by atoms with Crippen LogP contribution in [0.15, 0.2) is 119 Å². The van der Waals surface area contributed by atoms with Gasteiger partial charge in [-0.1, -0.05) is 60.7 Å². The molecular formula is C33H30N4O4. The molecule has 0 bridgehead atoms. The van der Waals surface area contributed by atoms with Gasteiger partial charge < -0.3 is 4.74 Å². The molecule has 8 nitrogen and oxygen atoms in total. The molecule has 1 N–H and O–H groups in total. The van der Waals surface area contributed by atoms with Crippen molar-refractivity contribution in [1.29, 1.82) is 0 Å². The summed E-state index contributed by atoms with van der Waals surface area (Å²) in [5.74, 6) is 0.865. The van der Waals surface area contributed by atoms with E-state index in [9.17, 15) is 14.9 Å². The predicted octanol–water partition coefficient (Wildman–Crippen LogP) is 6.78. The third-order valence-electron chi connectivity index (χ3n) is 7.12. The van der Waals surface area contributed by atoms with Crippen LogP contribution in [0.2, 0.25) is 0 Å². The van der Waals surface area contributed by atoms with E-state index in [4.69, 9.17) is 9.73 Å². The maximum Gasteiger partial charge on any atom is 0.280 e. The van der Waals surface area contributed by atoms with Crippen molar-refractivity contribution < 1.29 is 9.66 Å². The summed E-state index contributed by atoms with van der Waals surface area (Å²) < 4.78 is 6.70. The maximum atomic E-state index is 13.8. The molecule has 41 heavy (non-hydrogen) atoms. The van der Waals surface area contributed by atoms with Gasteiger partial charge in [-0.15, -0.1) is 0 Å². The van der Waals surface area contributed by atoms with Crippen molar-refractivity contribution in [3.05, 3.63) is 146 Å². The van der Waals surface area contributed by atoms with Crippen LogP contribution in [0.3, 0.4) is 0 Å². The lowest BCUT2D eigenvalue weighted by atomic mass is 9.88. The first-order valence-corrected chi connectivity index (χ1v) is 13.3. The highest BCUT2D eigenvalue weighted by molar-refractivity contribution is 6.03. The van der Waals surface area contributed by atoms with Crippen molar-refractivity contribution in [1.82, 2.24) is 9.78 Å². The van der Waals surface area contributed by atoms with E-state index in [2.05, 4.69) is 29.4 Å². The number of non-ortho nitro benzene ring substituents is 1. The summed E-state index contributed by atoms with van der Waals surface area (Å²) in [6.07, 6.45) is 0.768. The van der Waals surface area contributed by atoms with Crippen molar-refractivity contribution in [2.75, 3.05) is 13.7 Å². The summed E-state index contributed by atoms with van der Waals surface area (Å²) in [7, 11) is 1.60. The predicted molar refractivity (Wildman–Crippen MR) is 161 cm³/mol. The van der Waals surface area contributed by atoms with Crippen LogP contribution in [0.25, 0.3) is 16.9 Å². The van der Waals surface area contributed by atoms with Gasteiger partial charge >= 0.3 is 0 Å². The van der Waals surface area contributed by atoms with Gasteiger partial charge in [-0.3, -0.25) is 25.0 Å². The zero-order valence-corrected chi connectivity index (χ0v) is 22.9. The molecule has 0 aliphatic heterocycles. The quantitative estimate of drug-likeness (QED) is 0.118. The Balaban J connectivity index is 1.51. The molecule has 0 aliphatic rings. The van der Waals surface area contributed by atoms with Crippen molar-refractivity contribution in [3.63, 3.8) is 0 Å². The van der Waals surface area contributed by atoms with Crippen molar-refractivity contribution in [2.45, 2.75) is 19.3 Å². The molecule has 0 spiro atoms. The van der Waals surface area contributed by atoms with E-state index in [1.54, 1.807) is 19.2 Å². The van der Waals surface area contributed by atoms with E-state index in [-0.39, 0.29) is 17.2 Å². The molecule has 0 saturated carbocycles. The summed E-state index contributed by atoms with van der Waals surface area (Å²) >= 11 is 0. The molecule has 1 aromatic heterocycles. The van der Waals surface area contributed by atoms with Crippen molar-refractivity contribution in [2.24, 2.45) is 4.99 Å². The first kappa shape index (κ1) is 27.3. The molecule has 206 valence electrons. The Morgan fingerprint density at radius 3 is 2.02 bits per heavy atom. The molecule has 5 aromatic rings. The molecular weight excluding hydrogens is 516 g/mol. The highest BCUT2D eigenvalue weighted by Gasteiger charge is 2.20. The Morgan fingerprint density at radius 2 is 1.49 bits per heavy atom. The monoisotopic (exact) mass is 546 g/mol. The molecule has 0 radical (unpaired) electrons. The molecule has 5 rings (SSSR count). The van der Waals surface area contributed by atoms with Gasteiger partial charge in [-0.25, -0.2) is 4.68 Å². The Morgan fingerprint density at radius 1 is 0.902 bits per heavy atom. The van der Waals surface area contributed by atoms with Gasteiger partial charge in [0.25, 0.3) is 11.2 Å². The molecule has 0 unspecified atom stereocenters. The average Bonchev–Trinajstić information content (AvgIpc) is 3.37. The summed E-state index contributed by atoms with van der Waals surface area (Å²) in [4.78, 5) is 29.3. The number of nitro benzene ring substituents is 1. The second kappa shape index (κ2) is 12.3. The first-order valence-electron chi connectivity index (χ1n) is 13.3. The molecule has 4 aromatic carbocycles. The van der Waals surface area contributed by atoms with E-state index < -0.39 is 4.92 Å². The van der Waals surface area contributed by atoms with Crippen LogP contribution < -0.4 is 10.3 Å². The summed E-state index contributed by atoms with van der Waals surface area (Å²) in [6.45, 7) is 2.36. The van der Waals surface area contributed by atoms with Gasteiger partial charge in [-0.2, -0.15) is 0 Å². The van der Waals surface area contributed by atoms with Crippen LogP contribution >= 0.6 is 0 Å². The van der Waals surface area contributed by atoms with Gasteiger partial charge in [0.05, 0.1) is 29.0 Å². The maximum absolute atomic E-state index is 13.8. The second-order valence-electron chi connectivity index (χ2n) is 9.63. The molecule has 8 heteroatoms. The number of methoxy groups -OCH3 is 1. The summed E-state index contributed by atoms with van der Waals surface area (Å²) in [6, 6.07) is 34.0. The number of nitrogens with one attached hydrogen (secondary N) is 1. The van der Waals surface area contributed by atoms with Gasteiger partial charge in [0.15, 0.2) is 0 Å². The third kappa shape index (κ3) is 6.01. The number of benzene rings is 4. The largest absolute Gasteiger partial charge is 0.497 e. The van der Waals surface area contributed by atoms with Crippen LogP contribution in [0.5, 0.6) is 5.75 Å². The van der Waals surface area contributed by atoms with E-state index in [0.717, 1.165) is 12.0 Å². The minimum atomic E-state index is -0.468. The van der Waals surface area contributed by atoms with Gasteiger partial charge in [-0.05, 0) is 60.9 Å². The fourth-order valence-corrected chi connectivity index (χ4v) is 4.98. The van der Waals surface area contributed by atoms with Crippen LogP contribution in [-0.4, -0.2) is 34.1 Å². The SMILES string of the molecule is COc1ccc(-c2[nH]n(-c3ccc([N+](=O)[O-])cc3)c(=O)c2C(C)=NCCC(c2ccccc2)c2ccccc2)cc1. The van der Waals surface area contributed by atoms with Gasteiger partial charge in [0.1, 0.15) is 5.75 Å². The van der Waals surface area contributed by atoms with E-state index in [1.807, 2.05) is 67.6 Å². The number of rotatable bonds is 10.